The van der Waals surface area contributed by atoms with Crippen molar-refractivity contribution < 1.29 is 9.84 Å². The van der Waals surface area contributed by atoms with Gasteiger partial charge in [-0.25, -0.2) is 0 Å². The fraction of sp³-hybridized carbons (Fsp3) is 0.333. The quantitative estimate of drug-likeness (QED) is 0.792. The maximum Gasteiger partial charge on any atom is 0.139 e. The lowest BCUT2D eigenvalue weighted by molar-refractivity contribution is 0.104. The Labute approximate surface area is 138 Å². The Bertz CT molecular complexity index is 563. The summed E-state index contributed by atoms with van der Waals surface area (Å²) in [5.41, 5.74) is 1.21. The van der Waals surface area contributed by atoms with Gasteiger partial charge in [-0.2, -0.15) is 11.3 Å². The van der Waals surface area contributed by atoms with Gasteiger partial charge in [-0.05, 0) is 41.4 Å². The average Bonchev–Trinajstić information content (AvgIpc) is 3.00. The van der Waals surface area contributed by atoms with Crippen LogP contribution in [0.25, 0.3) is 0 Å². The van der Waals surface area contributed by atoms with E-state index in [-0.39, 0.29) is 12.6 Å². The van der Waals surface area contributed by atoms with Crippen molar-refractivity contribution in [2.45, 2.75) is 19.1 Å². The molecule has 6 heteroatoms. The summed E-state index contributed by atoms with van der Waals surface area (Å²) < 4.78 is 5.50. The maximum absolute atomic E-state index is 9.96. The fourth-order valence-corrected chi connectivity index (χ4v) is 2.87. The van der Waals surface area contributed by atoms with Crippen LogP contribution in [0.3, 0.4) is 0 Å². The molecular formula is C15H17Cl2NO2S. The van der Waals surface area contributed by atoms with Crippen molar-refractivity contribution in [1.82, 2.24) is 5.32 Å². The number of hydrogen-bond donors (Lipinski definition) is 2. The summed E-state index contributed by atoms with van der Waals surface area (Å²) in [5.74, 6) is 0.481. The Balaban J connectivity index is 1.77. The largest absolute Gasteiger partial charge is 0.489 e. The van der Waals surface area contributed by atoms with Gasteiger partial charge in [-0.1, -0.05) is 23.2 Å². The molecule has 0 amide bonds. The molecule has 0 spiro atoms. The van der Waals surface area contributed by atoms with Crippen LogP contribution in [0.4, 0.5) is 0 Å². The van der Waals surface area contributed by atoms with Crippen LogP contribution in [-0.2, 0) is 0 Å². The van der Waals surface area contributed by atoms with Crippen molar-refractivity contribution in [2.75, 3.05) is 13.2 Å². The number of hydrogen-bond acceptors (Lipinski definition) is 4. The van der Waals surface area contributed by atoms with Crippen molar-refractivity contribution in [3.63, 3.8) is 0 Å². The number of benzene rings is 1. The Morgan fingerprint density at radius 2 is 2.14 bits per heavy atom. The highest BCUT2D eigenvalue weighted by Crippen LogP contribution is 2.27. The zero-order valence-electron chi connectivity index (χ0n) is 11.6. The minimum Gasteiger partial charge on any atom is -0.489 e. The van der Waals surface area contributed by atoms with Crippen LogP contribution in [-0.4, -0.2) is 24.4 Å². The average molecular weight is 346 g/mol. The molecule has 2 rings (SSSR count). The molecule has 2 unspecified atom stereocenters. The Morgan fingerprint density at radius 1 is 1.33 bits per heavy atom. The van der Waals surface area contributed by atoms with Gasteiger partial charge in [-0.15, -0.1) is 0 Å². The smallest absolute Gasteiger partial charge is 0.139 e. The lowest BCUT2D eigenvalue weighted by Gasteiger charge is -2.17. The van der Waals surface area contributed by atoms with E-state index in [0.717, 1.165) is 0 Å². The first kappa shape index (κ1) is 16.6. The van der Waals surface area contributed by atoms with E-state index in [1.54, 1.807) is 29.5 Å². The summed E-state index contributed by atoms with van der Waals surface area (Å²) in [5, 5.41) is 18.4. The van der Waals surface area contributed by atoms with E-state index in [4.69, 9.17) is 27.9 Å². The van der Waals surface area contributed by atoms with Crippen molar-refractivity contribution in [3.05, 3.63) is 50.6 Å². The monoisotopic (exact) mass is 345 g/mol. The van der Waals surface area contributed by atoms with Gasteiger partial charge in [0.1, 0.15) is 18.5 Å². The molecule has 0 saturated heterocycles. The third kappa shape index (κ3) is 5.16. The minimum absolute atomic E-state index is 0.156. The fourth-order valence-electron chi connectivity index (χ4n) is 1.78. The molecule has 0 aliphatic rings. The zero-order chi connectivity index (χ0) is 15.2. The van der Waals surface area contributed by atoms with Crippen LogP contribution < -0.4 is 10.1 Å². The first-order valence-electron chi connectivity index (χ1n) is 6.57. The van der Waals surface area contributed by atoms with Crippen LogP contribution in [0.15, 0.2) is 35.0 Å². The van der Waals surface area contributed by atoms with E-state index >= 15 is 0 Å². The first-order valence-corrected chi connectivity index (χ1v) is 8.27. The van der Waals surface area contributed by atoms with Crippen molar-refractivity contribution >= 4 is 34.5 Å². The van der Waals surface area contributed by atoms with Crippen LogP contribution in [0, 0.1) is 0 Å². The van der Waals surface area contributed by atoms with Crippen molar-refractivity contribution in [1.29, 1.82) is 0 Å². The third-order valence-electron chi connectivity index (χ3n) is 3.03. The first-order chi connectivity index (χ1) is 10.1. The highest BCUT2D eigenvalue weighted by Gasteiger charge is 2.11. The summed E-state index contributed by atoms with van der Waals surface area (Å²) in [6.07, 6.45) is -0.624. The van der Waals surface area contributed by atoms with Crippen LogP contribution in [0.2, 0.25) is 10.0 Å². The number of aliphatic hydroxyl groups is 1. The van der Waals surface area contributed by atoms with Crippen LogP contribution in [0.5, 0.6) is 5.75 Å². The molecule has 1 heterocycles. The lowest BCUT2D eigenvalue weighted by Crippen LogP contribution is -2.32. The predicted octanol–water partition coefficient (Wildman–Crippen LogP) is 4.15. The Kier molecular flexibility index (Phi) is 6.33. The van der Waals surface area contributed by atoms with E-state index in [9.17, 15) is 5.11 Å². The molecule has 0 radical (unpaired) electrons. The highest BCUT2D eigenvalue weighted by molar-refractivity contribution is 7.07. The number of nitrogens with one attached hydrogen (secondary N) is 1. The van der Waals surface area contributed by atoms with Gasteiger partial charge >= 0.3 is 0 Å². The second-order valence-electron chi connectivity index (χ2n) is 4.73. The van der Waals surface area contributed by atoms with Gasteiger partial charge in [0.2, 0.25) is 0 Å². The van der Waals surface area contributed by atoms with E-state index in [1.165, 1.54) is 5.56 Å². The normalized spacial score (nSPS) is 13.9. The molecule has 1 aromatic heterocycles. The summed E-state index contributed by atoms with van der Waals surface area (Å²) in [6, 6.07) is 7.26. The Morgan fingerprint density at radius 3 is 2.86 bits per heavy atom. The molecule has 0 aliphatic carbocycles. The third-order valence-corrected chi connectivity index (χ3v) is 4.28. The summed E-state index contributed by atoms with van der Waals surface area (Å²) in [6.45, 7) is 2.65. The molecule has 2 atom stereocenters. The van der Waals surface area contributed by atoms with Gasteiger partial charge in [0.15, 0.2) is 0 Å². The van der Waals surface area contributed by atoms with E-state index in [1.807, 2.05) is 5.38 Å². The maximum atomic E-state index is 9.96. The lowest BCUT2D eigenvalue weighted by atomic mass is 10.2. The Hall–Kier alpha value is -0.780. The topological polar surface area (TPSA) is 41.5 Å². The van der Waals surface area contributed by atoms with Crippen LogP contribution >= 0.6 is 34.5 Å². The van der Waals surface area contributed by atoms with Gasteiger partial charge in [0, 0.05) is 23.7 Å². The van der Waals surface area contributed by atoms with Gasteiger partial charge in [0.25, 0.3) is 0 Å². The van der Waals surface area contributed by atoms with E-state index in [0.29, 0.717) is 22.3 Å². The second kappa shape index (κ2) is 8.01. The molecule has 114 valence electrons. The van der Waals surface area contributed by atoms with Gasteiger partial charge in [-0.3, -0.25) is 0 Å². The zero-order valence-corrected chi connectivity index (χ0v) is 13.9. The molecular weight excluding hydrogens is 329 g/mol. The van der Waals surface area contributed by atoms with Crippen molar-refractivity contribution in [2.24, 2.45) is 0 Å². The number of ether oxygens (including phenoxy) is 1. The summed E-state index contributed by atoms with van der Waals surface area (Å²) in [4.78, 5) is 0. The summed E-state index contributed by atoms with van der Waals surface area (Å²) >= 11 is 13.5. The second-order valence-corrected chi connectivity index (χ2v) is 6.35. The van der Waals surface area contributed by atoms with Gasteiger partial charge < -0.3 is 15.2 Å². The molecule has 0 fully saturated rings. The van der Waals surface area contributed by atoms with E-state index in [2.05, 4.69) is 23.7 Å². The number of halogens is 2. The number of aliphatic hydroxyl groups excluding tert-OH is 1. The molecule has 1 aromatic carbocycles. The molecule has 0 aliphatic heterocycles. The molecule has 0 bridgehead atoms. The molecule has 3 nitrogen and oxygen atoms in total. The summed E-state index contributed by atoms with van der Waals surface area (Å²) in [7, 11) is 0. The predicted molar refractivity (Wildman–Crippen MR) is 88.7 cm³/mol. The standard InChI is InChI=1S/C15H17Cl2NO2S/c1-10(11-4-5-21-9-11)18-7-13(19)8-20-15-6-12(16)2-3-14(15)17/h2-6,9-10,13,18-19H,7-8H2,1H3. The highest BCUT2D eigenvalue weighted by atomic mass is 35.5. The van der Waals surface area contributed by atoms with Crippen LogP contribution in [0.1, 0.15) is 18.5 Å². The van der Waals surface area contributed by atoms with Crippen molar-refractivity contribution in [3.8, 4) is 5.75 Å². The van der Waals surface area contributed by atoms with E-state index < -0.39 is 6.10 Å². The number of rotatable bonds is 7. The number of thiophene rings is 1. The van der Waals surface area contributed by atoms with Gasteiger partial charge in [0.05, 0.1) is 5.02 Å². The molecule has 2 N–H and O–H groups in total. The SMILES string of the molecule is CC(NCC(O)COc1cc(Cl)ccc1Cl)c1ccsc1. The molecule has 21 heavy (non-hydrogen) atoms. The molecule has 0 saturated carbocycles. The molecule has 2 aromatic rings. The minimum atomic E-state index is -0.624.